The number of anilines is 1. The summed E-state index contributed by atoms with van der Waals surface area (Å²) in [6, 6.07) is 6.11. The molecule has 0 radical (unpaired) electrons. The summed E-state index contributed by atoms with van der Waals surface area (Å²) >= 11 is 18.0. The normalized spacial score (nSPS) is 11.6. The Morgan fingerprint density at radius 3 is 2.41 bits per heavy atom. The fourth-order valence-corrected chi connectivity index (χ4v) is 3.05. The molecule has 1 N–H and O–H groups in total. The second-order valence-corrected chi connectivity index (χ2v) is 6.61. The van der Waals surface area contributed by atoms with E-state index in [1.807, 2.05) is 0 Å². The van der Waals surface area contributed by atoms with E-state index >= 15 is 0 Å². The summed E-state index contributed by atoms with van der Waals surface area (Å²) in [6.07, 6.45) is 0. The van der Waals surface area contributed by atoms with E-state index in [1.165, 1.54) is 37.3 Å². The van der Waals surface area contributed by atoms with Gasteiger partial charge in [-0.1, -0.05) is 34.8 Å². The molecular weight excluding hydrogens is 419 g/mol. The van der Waals surface area contributed by atoms with Crippen LogP contribution in [-0.2, 0) is 9.53 Å². The molecule has 0 bridgehead atoms. The van der Waals surface area contributed by atoms with E-state index in [0.29, 0.717) is 5.02 Å². The van der Waals surface area contributed by atoms with E-state index in [-0.39, 0.29) is 39.5 Å². The first-order chi connectivity index (χ1) is 12.7. The standard InChI is InChI=1S/C17H15Cl3N2O5/c1-3-26-17(23)9(2)21-14-8-11(4-5-15(14)22(24)25)27-16-12(19)6-10(18)7-13(16)20/h4-9,21H,3H2,1-2H3. The Hall–Kier alpha value is -2.22. The molecule has 7 nitrogen and oxygen atoms in total. The van der Waals surface area contributed by atoms with Gasteiger partial charge in [-0.05, 0) is 32.0 Å². The number of carbonyl (C=O) groups is 1. The number of hydrogen-bond acceptors (Lipinski definition) is 6. The second kappa shape index (κ2) is 9.12. The lowest BCUT2D eigenvalue weighted by molar-refractivity contribution is -0.384. The van der Waals surface area contributed by atoms with Crippen LogP contribution in [0.1, 0.15) is 13.8 Å². The second-order valence-electron chi connectivity index (χ2n) is 5.35. The molecule has 0 aliphatic rings. The Bertz CT molecular complexity index is 853. The van der Waals surface area contributed by atoms with Crippen LogP contribution in [0.15, 0.2) is 30.3 Å². The zero-order valence-corrected chi connectivity index (χ0v) is 16.6. The number of benzene rings is 2. The minimum atomic E-state index is -0.804. The first-order valence-electron chi connectivity index (χ1n) is 7.77. The van der Waals surface area contributed by atoms with Gasteiger partial charge in [-0.25, -0.2) is 4.79 Å². The molecule has 2 aromatic rings. The number of halogens is 3. The van der Waals surface area contributed by atoms with Crippen LogP contribution in [0.2, 0.25) is 15.1 Å². The largest absolute Gasteiger partial charge is 0.464 e. The molecule has 0 aliphatic carbocycles. The smallest absolute Gasteiger partial charge is 0.328 e. The Balaban J connectivity index is 2.35. The highest BCUT2D eigenvalue weighted by molar-refractivity contribution is 6.40. The molecule has 0 heterocycles. The molecule has 27 heavy (non-hydrogen) atoms. The Kier molecular flexibility index (Phi) is 7.12. The maximum atomic E-state index is 11.8. The Morgan fingerprint density at radius 1 is 1.22 bits per heavy atom. The lowest BCUT2D eigenvalue weighted by atomic mass is 10.2. The van der Waals surface area contributed by atoms with Gasteiger partial charge in [0.25, 0.3) is 5.69 Å². The van der Waals surface area contributed by atoms with Gasteiger partial charge in [-0.2, -0.15) is 0 Å². The van der Waals surface area contributed by atoms with Crippen molar-refractivity contribution in [2.75, 3.05) is 11.9 Å². The van der Waals surface area contributed by atoms with Gasteiger partial charge in [0.1, 0.15) is 17.5 Å². The first kappa shape index (κ1) is 21.1. The summed E-state index contributed by atoms with van der Waals surface area (Å²) in [5.74, 6) is -0.159. The van der Waals surface area contributed by atoms with Crippen LogP contribution in [0.3, 0.4) is 0 Å². The zero-order valence-electron chi connectivity index (χ0n) is 14.3. The van der Waals surface area contributed by atoms with Crippen molar-refractivity contribution in [3.05, 3.63) is 55.5 Å². The molecule has 0 amide bonds. The number of carbonyl (C=O) groups excluding carboxylic acids is 1. The Labute approximate surface area is 170 Å². The van der Waals surface area contributed by atoms with Crippen LogP contribution < -0.4 is 10.1 Å². The summed E-state index contributed by atoms with van der Waals surface area (Å²) in [5.41, 5.74) is -0.147. The van der Waals surface area contributed by atoms with Gasteiger partial charge in [-0.3, -0.25) is 10.1 Å². The van der Waals surface area contributed by atoms with Crippen molar-refractivity contribution in [2.45, 2.75) is 19.9 Å². The van der Waals surface area contributed by atoms with E-state index < -0.39 is 16.9 Å². The van der Waals surface area contributed by atoms with E-state index in [0.717, 1.165) is 0 Å². The molecule has 0 aliphatic heterocycles. The number of ether oxygens (including phenoxy) is 2. The van der Waals surface area contributed by atoms with Gasteiger partial charge >= 0.3 is 5.97 Å². The van der Waals surface area contributed by atoms with Gasteiger partial charge in [0.15, 0.2) is 5.75 Å². The number of nitro groups is 1. The summed E-state index contributed by atoms with van der Waals surface area (Å²) in [6.45, 7) is 3.40. The number of rotatable bonds is 7. The van der Waals surface area contributed by atoms with Crippen molar-refractivity contribution in [3.63, 3.8) is 0 Å². The fourth-order valence-electron chi connectivity index (χ4n) is 2.16. The van der Waals surface area contributed by atoms with Crippen molar-refractivity contribution >= 4 is 52.1 Å². The lowest BCUT2D eigenvalue weighted by Crippen LogP contribution is -2.28. The number of hydrogen-bond donors (Lipinski definition) is 1. The highest BCUT2D eigenvalue weighted by atomic mass is 35.5. The Morgan fingerprint density at radius 2 is 1.85 bits per heavy atom. The van der Waals surface area contributed by atoms with E-state index in [1.54, 1.807) is 6.92 Å². The highest BCUT2D eigenvalue weighted by Gasteiger charge is 2.21. The number of nitro benzene ring substituents is 1. The lowest BCUT2D eigenvalue weighted by Gasteiger charge is -2.15. The molecule has 144 valence electrons. The molecular formula is C17H15Cl3N2O5. The molecule has 0 spiro atoms. The number of nitrogens with zero attached hydrogens (tertiary/aromatic N) is 1. The summed E-state index contributed by atoms with van der Waals surface area (Å²) in [4.78, 5) is 22.5. The predicted octanol–water partition coefficient (Wildman–Crippen LogP) is 5.71. The van der Waals surface area contributed by atoms with Crippen molar-refractivity contribution in [2.24, 2.45) is 0 Å². The number of nitrogens with one attached hydrogen (secondary N) is 1. The molecule has 1 unspecified atom stereocenters. The van der Waals surface area contributed by atoms with Crippen molar-refractivity contribution < 1.29 is 19.2 Å². The van der Waals surface area contributed by atoms with Crippen molar-refractivity contribution in [1.82, 2.24) is 0 Å². The average molecular weight is 434 g/mol. The monoisotopic (exact) mass is 432 g/mol. The van der Waals surface area contributed by atoms with Gasteiger partial charge < -0.3 is 14.8 Å². The summed E-state index contributed by atoms with van der Waals surface area (Å²) in [5, 5.41) is 14.7. The molecule has 0 aromatic heterocycles. The molecule has 2 aromatic carbocycles. The predicted molar refractivity (Wildman–Crippen MR) is 104 cm³/mol. The molecule has 1 atom stereocenters. The molecule has 0 saturated heterocycles. The van der Waals surface area contributed by atoms with Gasteiger partial charge in [0.05, 0.1) is 21.6 Å². The van der Waals surface area contributed by atoms with Gasteiger partial charge in [0, 0.05) is 17.2 Å². The first-order valence-corrected chi connectivity index (χ1v) is 8.90. The van der Waals surface area contributed by atoms with E-state index in [2.05, 4.69) is 5.32 Å². The van der Waals surface area contributed by atoms with Crippen molar-refractivity contribution in [3.8, 4) is 11.5 Å². The van der Waals surface area contributed by atoms with Gasteiger partial charge in [-0.15, -0.1) is 0 Å². The molecule has 0 saturated carbocycles. The zero-order chi connectivity index (χ0) is 20.1. The third-order valence-electron chi connectivity index (χ3n) is 3.36. The van der Waals surface area contributed by atoms with Crippen LogP contribution in [0, 0.1) is 10.1 Å². The van der Waals surface area contributed by atoms with Crippen LogP contribution >= 0.6 is 34.8 Å². The summed E-state index contributed by atoms with van der Waals surface area (Å²) < 4.78 is 10.6. The fraction of sp³-hybridized carbons (Fsp3) is 0.235. The van der Waals surface area contributed by atoms with Crippen LogP contribution in [0.4, 0.5) is 11.4 Å². The maximum absolute atomic E-state index is 11.8. The maximum Gasteiger partial charge on any atom is 0.328 e. The molecule has 0 fully saturated rings. The van der Waals surface area contributed by atoms with Crippen LogP contribution in [0.25, 0.3) is 0 Å². The van der Waals surface area contributed by atoms with E-state index in [4.69, 9.17) is 44.3 Å². The van der Waals surface area contributed by atoms with Crippen LogP contribution in [-0.4, -0.2) is 23.5 Å². The summed E-state index contributed by atoms with van der Waals surface area (Å²) in [7, 11) is 0. The average Bonchev–Trinajstić information content (AvgIpc) is 2.58. The molecule has 10 heteroatoms. The minimum absolute atomic E-state index is 0.0826. The number of esters is 1. The van der Waals surface area contributed by atoms with E-state index in [9.17, 15) is 14.9 Å². The minimum Gasteiger partial charge on any atom is -0.464 e. The highest BCUT2D eigenvalue weighted by Crippen LogP contribution is 2.40. The third-order valence-corrected chi connectivity index (χ3v) is 4.14. The topological polar surface area (TPSA) is 90.7 Å². The molecule has 2 rings (SSSR count). The van der Waals surface area contributed by atoms with Crippen LogP contribution in [0.5, 0.6) is 11.5 Å². The van der Waals surface area contributed by atoms with Gasteiger partial charge in [0.2, 0.25) is 0 Å². The SMILES string of the molecule is CCOC(=O)C(C)Nc1cc(Oc2c(Cl)cc(Cl)cc2Cl)ccc1[N+](=O)[O-]. The quantitative estimate of drug-likeness (QED) is 0.341. The third kappa shape index (κ3) is 5.38. The van der Waals surface area contributed by atoms with Crippen molar-refractivity contribution in [1.29, 1.82) is 0 Å².